The van der Waals surface area contributed by atoms with Crippen LogP contribution in [0.3, 0.4) is 0 Å². The molecule has 1 rings (SSSR count). The Balaban J connectivity index is 2.47. The lowest BCUT2D eigenvalue weighted by Crippen LogP contribution is -2.48. The van der Waals surface area contributed by atoms with Crippen LogP contribution >= 0.6 is 0 Å². The fourth-order valence-corrected chi connectivity index (χ4v) is 1.66. The second-order valence-corrected chi connectivity index (χ2v) is 3.61. The van der Waals surface area contributed by atoms with Gasteiger partial charge in [0.2, 0.25) is 0 Å². The zero-order valence-corrected chi connectivity index (χ0v) is 8.66. The van der Waals surface area contributed by atoms with E-state index in [1.54, 1.807) is 0 Å². The van der Waals surface area contributed by atoms with Gasteiger partial charge in [-0.3, -0.25) is 4.79 Å². The largest absolute Gasteiger partial charge is 0.471 e. The Bertz CT molecular complexity index is 245. The van der Waals surface area contributed by atoms with Gasteiger partial charge in [-0.2, -0.15) is 13.2 Å². The average Bonchev–Trinajstić information content (AvgIpc) is 2.24. The van der Waals surface area contributed by atoms with Crippen LogP contribution < -0.4 is 0 Å². The number of carbonyl (C=O) groups is 1. The highest BCUT2D eigenvalue weighted by atomic mass is 19.4. The molecule has 1 fully saturated rings. The Labute approximate surface area is 91.0 Å². The van der Waals surface area contributed by atoms with Gasteiger partial charge in [0.25, 0.3) is 0 Å². The van der Waals surface area contributed by atoms with Crippen molar-refractivity contribution in [2.45, 2.75) is 25.1 Å². The number of hydrogen-bond acceptors (Lipinski definition) is 3. The van der Waals surface area contributed by atoms with Crippen LogP contribution in [0.5, 0.6) is 0 Å². The van der Waals surface area contributed by atoms with Crippen molar-refractivity contribution in [2.75, 3.05) is 26.3 Å². The van der Waals surface area contributed by atoms with Crippen LogP contribution in [0.2, 0.25) is 0 Å². The van der Waals surface area contributed by atoms with E-state index in [2.05, 4.69) is 0 Å². The molecule has 1 aliphatic rings. The molecule has 0 saturated carbocycles. The minimum absolute atomic E-state index is 0.0572. The van der Waals surface area contributed by atoms with Crippen LogP contribution in [0.15, 0.2) is 0 Å². The molecule has 4 nitrogen and oxygen atoms in total. The number of aliphatic hydroxyl groups is 1. The highest BCUT2D eigenvalue weighted by Crippen LogP contribution is 2.22. The van der Waals surface area contributed by atoms with Crippen molar-refractivity contribution < 1.29 is 27.8 Å². The van der Waals surface area contributed by atoms with Gasteiger partial charge >= 0.3 is 12.1 Å². The molecule has 1 N–H and O–H groups in total. The number of piperidine rings is 1. The molecule has 0 aromatic rings. The Morgan fingerprint density at radius 2 is 2.19 bits per heavy atom. The second kappa shape index (κ2) is 5.49. The molecule has 7 heteroatoms. The standard InChI is InChI=1S/C9H14F3NO3/c10-9(11,12)8(15)13-3-1-2-7(6-13)16-5-4-14/h7,14H,1-6H2. The smallest absolute Gasteiger partial charge is 0.394 e. The summed E-state index contributed by atoms with van der Waals surface area (Å²) in [5.41, 5.74) is 0. The summed E-state index contributed by atoms with van der Waals surface area (Å²) in [7, 11) is 0. The molecule has 16 heavy (non-hydrogen) atoms. The van der Waals surface area contributed by atoms with Crippen LogP contribution in [0.25, 0.3) is 0 Å². The normalized spacial score (nSPS) is 22.2. The first-order valence-electron chi connectivity index (χ1n) is 5.03. The van der Waals surface area contributed by atoms with Gasteiger partial charge in [0.1, 0.15) is 0 Å². The van der Waals surface area contributed by atoms with E-state index in [4.69, 9.17) is 9.84 Å². The summed E-state index contributed by atoms with van der Waals surface area (Å²) in [6.07, 6.45) is -4.13. The van der Waals surface area contributed by atoms with Gasteiger partial charge in [0.15, 0.2) is 0 Å². The molecule has 0 aliphatic carbocycles. The number of amides is 1. The molecule has 0 bridgehead atoms. The third-order valence-electron chi connectivity index (χ3n) is 2.35. The molecule has 1 amide bonds. The second-order valence-electron chi connectivity index (χ2n) is 3.61. The SMILES string of the molecule is O=C(N1CCCC(OCCO)C1)C(F)(F)F. The van der Waals surface area contributed by atoms with E-state index in [9.17, 15) is 18.0 Å². The zero-order valence-electron chi connectivity index (χ0n) is 8.66. The monoisotopic (exact) mass is 241 g/mol. The van der Waals surface area contributed by atoms with Crippen LogP contribution in [0.4, 0.5) is 13.2 Å². The van der Waals surface area contributed by atoms with E-state index in [-0.39, 0.29) is 26.3 Å². The first-order chi connectivity index (χ1) is 7.45. The zero-order chi connectivity index (χ0) is 12.2. The highest BCUT2D eigenvalue weighted by molar-refractivity contribution is 5.81. The lowest BCUT2D eigenvalue weighted by Gasteiger charge is -2.32. The minimum atomic E-state index is -4.82. The third kappa shape index (κ3) is 3.64. The molecule has 94 valence electrons. The van der Waals surface area contributed by atoms with E-state index in [1.165, 1.54) is 0 Å². The first-order valence-corrected chi connectivity index (χ1v) is 5.03. The number of likely N-dealkylation sites (tertiary alicyclic amines) is 1. The topological polar surface area (TPSA) is 49.8 Å². The number of hydrogen-bond donors (Lipinski definition) is 1. The number of nitrogens with zero attached hydrogens (tertiary/aromatic N) is 1. The van der Waals surface area contributed by atoms with Gasteiger partial charge in [-0.15, -0.1) is 0 Å². The van der Waals surface area contributed by atoms with Gasteiger partial charge in [0, 0.05) is 13.1 Å². The number of ether oxygens (including phenoxy) is 1. The lowest BCUT2D eigenvalue weighted by atomic mass is 10.1. The molecule has 0 radical (unpaired) electrons. The number of carbonyl (C=O) groups excluding carboxylic acids is 1. The fourth-order valence-electron chi connectivity index (χ4n) is 1.66. The van der Waals surface area contributed by atoms with E-state index in [0.717, 1.165) is 4.90 Å². The highest BCUT2D eigenvalue weighted by Gasteiger charge is 2.43. The summed E-state index contributed by atoms with van der Waals surface area (Å²) in [6, 6.07) is 0. The molecule has 1 unspecified atom stereocenters. The van der Waals surface area contributed by atoms with E-state index in [1.807, 2.05) is 0 Å². The van der Waals surface area contributed by atoms with Crippen molar-refractivity contribution in [3.63, 3.8) is 0 Å². The average molecular weight is 241 g/mol. The van der Waals surface area contributed by atoms with Crippen molar-refractivity contribution >= 4 is 5.91 Å². The Hall–Kier alpha value is -0.820. The quantitative estimate of drug-likeness (QED) is 0.785. The third-order valence-corrected chi connectivity index (χ3v) is 2.35. The van der Waals surface area contributed by atoms with Gasteiger partial charge < -0.3 is 14.7 Å². The van der Waals surface area contributed by atoms with E-state index in [0.29, 0.717) is 12.8 Å². The van der Waals surface area contributed by atoms with Crippen LogP contribution in [-0.4, -0.2) is 54.5 Å². The lowest BCUT2D eigenvalue weighted by molar-refractivity contribution is -0.188. The molecule has 0 aromatic heterocycles. The van der Waals surface area contributed by atoms with Crippen LogP contribution in [-0.2, 0) is 9.53 Å². The maximum absolute atomic E-state index is 12.1. The van der Waals surface area contributed by atoms with Gasteiger partial charge in [0.05, 0.1) is 19.3 Å². The van der Waals surface area contributed by atoms with Crippen molar-refractivity contribution in [3.8, 4) is 0 Å². The van der Waals surface area contributed by atoms with Crippen LogP contribution in [0, 0.1) is 0 Å². The maximum Gasteiger partial charge on any atom is 0.471 e. The molecular formula is C9H14F3NO3. The molecule has 0 spiro atoms. The Morgan fingerprint density at radius 3 is 2.75 bits per heavy atom. The number of rotatable bonds is 3. The summed E-state index contributed by atoms with van der Waals surface area (Å²) < 4.78 is 41.5. The van der Waals surface area contributed by atoms with E-state index >= 15 is 0 Å². The predicted molar refractivity (Wildman–Crippen MR) is 48.7 cm³/mol. The maximum atomic E-state index is 12.1. The van der Waals surface area contributed by atoms with Gasteiger partial charge in [-0.25, -0.2) is 0 Å². The van der Waals surface area contributed by atoms with Crippen LogP contribution in [0.1, 0.15) is 12.8 Å². The Morgan fingerprint density at radius 1 is 1.50 bits per heavy atom. The first kappa shape index (κ1) is 13.2. The summed E-state index contributed by atoms with van der Waals surface area (Å²) in [4.78, 5) is 11.7. The van der Waals surface area contributed by atoms with E-state index < -0.39 is 18.2 Å². The molecule has 1 saturated heterocycles. The fraction of sp³-hybridized carbons (Fsp3) is 0.889. The number of halogens is 3. The molecule has 0 aromatic carbocycles. The molecule has 1 atom stereocenters. The van der Waals surface area contributed by atoms with Gasteiger partial charge in [-0.05, 0) is 12.8 Å². The molecule has 1 aliphatic heterocycles. The predicted octanol–water partition coefficient (Wildman–Crippen LogP) is 0.549. The van der Waals surface area contributed by atoms with Gasteiger partial charge in [-0.1, -0.05) is 0 Å². The molecule has 1 heterocycles. The van der Waals surface area contributed by atoms with Crippen molar-refractivity contribution in [2.24, 2.45) is 0 Å². The summed E-state index contributed by atoms with van der Waals surface area (Å²) in [5.74, 6) is -1.82. The Kier molecular flexibility index (Phi) is 4.55. The number of aliphatic hydroxyl groups excluding tert-OH is 1. The van der Waals surface area contributed by atoms with Crippen molar-refractivity contribution in [3.05, 3.63) is 0 Å². The summed E-state index contributed by atoms with van der Waals surface area (Å²) in [5, 5.41) is 8.52. The minimum Gasteiger partial charge on any atom is -0.394 e. The van der Waals surface area contributed by atoms with Crippen molar-refractivity contribution in [1.82, 2.24) is 4.90 Å². The summed E-state index contributed by atoms with van der Waals surface area (Å²) >= 11 is 0. The van der Waals surface area contributed by atoms with Crippen molar-refractivity contribution in [1.29, 1.82) is 0 Å². The number of alkyl halides is 3. The molecular weight excluding hydrogens is 227 g/mol. The summed E-state index contributed by atoms with van der Waals surface area (Å²) in [6.45, 7) is -0.0435.